The lowest BCUT2D eigenvalue weighted by molar-refractivity contribution is 0.103. The van der Waals surface area contributed by atoms with Gasteiger partial charge in [0.2, 0.25) is 21.8 Å². The summed E-state index contributed by atoms with van der Waals surface area (Å²) in [5, 5.41) is 3.10. The number of aromatic nitrogens is 2. The number of nitrogens with zero attached hydrogens (tertiary/aromatic N) is 2. The van der Waals surface area contributed by atoms with Crippen LogP contribution in [-0.2, 0) is 10.0 Å². The third-order valence-electron chi connectivity index (χ3n) is 5.01. The molecule has 0 unspecified atom stereocenters. The van der Waals surface area contributed by atoms with Gasteiger partial charge >= 0.3 is 0 Å². The van der Waals surface area contributed by atoms with E-state index in [1.54, 1.807) is 0 Å². The highest BCUT2D eigenvalue weighted by Gasteiger charge is 2.26. The maximum atomic E-state index is 14.2. The minimum absolute atomic E-state index is 0.000630. The molecule has 12 heteroatoms. The van der Waals surface area contributed by atoms with Crippen LogP contribution in [-0.4, -0.2) is 49.6 Å². The first-order valence-corrected chi connectivity index (χ1v) is 11.4. The van der Waals surface area contributed by atoms with Crippen LogP contribution in [0.5, 0.6) is 5.75 Å². The van der Waals surface area contributed by atoms with Crippen LogP contribution in [0.15, 0.2) is 18.3 Å². The minimum Gasteiger partial charge on any atom is -0.496 e. The van der Waals surface area contributed by atoms with Gasteiger partial charge in [0.25, 0.3) is 0 Å². The van der Waals surface area contributed by atoms with Gasteiger partial charge in [-0.1, -0.05) is 0 Å². The van der Waals surface area contributed by atoms with Crippen molar-refractivity contribution in [2.75, 3.05) is 24.4 Å². The quantitative estimate of drug-likeness (QED) is 0.538. The van der Waals surface area contributed by atoms with Crippen LogP contribution >= 0.6 is 0 Å². The molecule has 3 rings (SSSR count). The molecule has 1 aliphatic rings. The average Bonchev–Trinajstić information content (AvgIpc) is 2.70. The molecule has 1 aromatic heterocycles. The molecule has 1 saturated carbocycles. The fourth-order valence-corrected chi connectivity index (χ4v) is 4.37. The maximum absolute atomic E-state index is 14.2. The first-order chi connectivity index (χ1) is 14.6. The summed E-state index contributed by atoms with van der Waals surface area (Å²) in [5.74, 6) is -3.58. The molecular formula is C19H23F2N5O4S. The molecule has 0 radical (unpaired) electrons. The molecule has 31 heavy (non-hydrogen) atoms. The van der Waals surface area contributed by atoms with Crippen molar-refractivity contribution in [2.45, 2.75) is 37.8 Å². The van der Waals surface area contributed by atoms with Crippen molar-refractivity contribution in [3.05, 3.63) is 41.1 Å². The van der Waals surface area contributed by atoms with Crippen molar-refractivity contribution in [3.63, 3.8) is 0 Å². The highest BCUT2D eigenvalue weighted by atomic mass is 32.2. The second-order valence-corrected chi connectivity index (χ2v) is 9.12. The summed E-state index contributed by atoms with van der Waals surface area (Å²) in [5.41, 5.74) is 5.12. The van der Waals surface area contributed by atoms with E-state index >= 15 is 0 Å². The predicted molar refractivity (Wildman–Crippen MR) is 110 cm³/mol. The van der Waals surface area contributed by atoms with Crippen LogP contribution in [0.25, 0.3) is 0 Å². The van der Waals surface area contributed by atoms with Gasteiger partial charge in [-0.2, -0.15) is 4.98 Å². The summed E-state index contributed by atoms with van der Waals surface area (Å²) in [4.78, 5) is 20.9. The second kappa shape index (κ2) is 9.10. The van der Waals surface area contributed by atoms with Crippen LogP contribution in [0.1, 0.15) is 41.6 Å². The number of anilines is 2. The first kappa shape index (κ1) is 22.8. The van der Waals surface area contributed by atoms with Gasteiger partial charge in [0.05, 0.1) is 18.9 Å². The number of carbonyl (C=O) groups excluding carboxylic acids is 1. The molecule has 0 saturated heterocycles. The molecule has 0 aliphatic heterocycles. The Morgan fingerprint density at radius 2 is 1.84 bits per heavy atom. The second-order valence-electron chi connectivity index (χ2n) is 7.34. The van der Waals surface area contributed by atoms with Crippen LogP contribution in [0, 0.1) is 11.6 Å². The van der Waals surface area contributed by atoms with Gasteiger partial charge in [0.15, 0.2) is 11.6 Å². The zero-order valence-corrected chi connectivity index (χ0v) is 17.8. The van der Waals surface area contributed by atoms with Crippen molar-refractivity contribution in [3.8, 4) is 5.75 Å². The number of sulfonamides is 1. The van der Waals surface area contributed by atoms with Gasteiger partial charge in [-0.05, 0) is 37.8 Å². The lowest BCUT2D eigenvalue weighted by Crippen LogP contribution is -2.39. The van der Waals surface area contributed by atoms with E-state index in [1.165, 1.54) is 7.11 Å². The number of benzene rings is 1. The molecule has 4 N–H and O–H groups in total. The third-order valence-corrected chi connectivity index (χ3v) is 5.77. The average molecular weight is 455 g/mol. The molecule has 2 aromatic rings. The molecular weight excluding hydrogens is 432 g/mol. The Hall–Kier alpha value is -2.86. The van der Waals surface area contributed by atoms with E-state index in [0.29, 0.717) is 25.7 Å². The van der Waals surface area contributed by atoms with Crippen molar-refractivity contribution in [1.82, 2.24) is 14.7 Å². The van der Waals surface area contributed by atoms with E-state index in [9.17, 15) is 22.0 Å². The summed E-state index contributed by atoms with van der Waals surface area (Å²) < 4.78 is 58.1. The summed E-state index contributed by atoms with van der Waals surface area (Å²) in [7, 11) is -2.02. The van der Waals surface area contributed by atoms with Crippen LogP contribution in [0.4, 0.5) is 20.5 Å². The van der Waals surface area contributed by atoms with Gasteiger partial charge in [-0.15, -0.1) is 0 Å². The zero-order valence-electron chi connectivity index (χ0n) is 17.0. The number of hydrogen-bond acceptors (Lipinski definition) is 8. The molecule has 1 heterocycles. The first-order valence-electron chi connectivity index (χ1n) is 9.52. The number of nitrogens with two attached hydrogens (primary N) is 1. The molecule has 9 nitrogen and oxygen atoms in total. The molecule has 0 bridgehead atoms. The van der Waals surface area contributed by atoms with Crippen LogP contribution in [0.2, 0.25) is 0 Å². The van der Waals surface area contributed by atoms with E-state index in [0.717, 1.165) is 24.6 Å². The van der Waals surface area contributed by atoms with Gasteiger partial charge < -0.3 is 15.8 Å². The van der Waals surface area contributed by atoms with Crippen molar-refractivity contribution < 1.29 is 26.7 Å². The van der Waals surface area contributed by atoms with Gasteiger partial charge in [0, 0.05) is 18.3 Å². The van der Waals surface area contributed by atoms with E-state index < -0.39 is 33.0 Å². The molecule has 0 spiro atoms. The maximum Gasteiger partial charge on any atom is 0.224 e. The highest BCUT2D eigenvalue weighted by Crippen LogP contribution is 2.28. The molecule has 168 valence electrons. The Balaban J connectivity index is 1.72. The Kier molecular flexibility index (Phi) is 6.70. The van der Waals surface area contributed by atoms with E-state index in [4.69, 9.17) is 10.5 Å². The Bertz CT molecular complexity index is 1090. The minimum atomic E-state index is -3.26. The number of carbonyl (C=O) groups is 1. The van der Waals surface area contributed by atoms with Gasteiger partial charge in [-0.3, -0.25) is 4.79 Å². The summed E-state index contributed by atoms with van der Waals surface area (Å²) in [6, 6.07) is 1.89. The fourth-order valence-electron chi connectivity index (χ4n) is 3.53. The number of nitrogens with one attached hydrogen (secondary N) is 2. The zero-order chi connectivity index (χ0) is 22.8. The number of rotatable bonds is 7. The SMILES string of the molecule is COc1ccc(F)c(F)c1C(=O)c1cnc(NC2CCC(NS(C)(=O)=O)CC2)nc1N. The Morgan fingerprint density at radius 1 is 1.19 bits per heavy atom. The Morgan fingerprint density at radius 3 is 2.42 bits per heavy atom. The monoisotopic (exact) mass is 455 g/mol. The lowest BCUT2D eigenvalue weighted by Gasteiger charge is -2.29. The normalized spacial score (nSPS) is 19.1. The predicted octanol–water partition coefficient (Wildman–Crippen LogP) is 1.85. The number of hydrogen-bond donors (Lipinski definition) is 3. The number of halogens is 2. The van der Waals surface area contributed by atoms with Crippen molar-refractivity contribution >= 4 is 27.6 Å². The van der Waals surface area contributed by atoms with E-state index in [-0.39, 0.29) is 35.2 Å². The third kappa shape index (κ3) is 5.44. The molecule has 1 fully saturated rings. The largest absolute Gasteiger partial charge is 0.496 e. The smallest absolute Gasteiger partial charge is 0.224 e. The highest BCUT2D eigenvalue weighted by molar-refractivity contribution is 7.88. The van der Waals surface area contributed by atoms with E-state index in [2.05, 4.69) is 20.0 Å². The number of methoxy groups -OCH3 is 1. The number of ether oxygens (including phenoxy) is 1. The molecule has 1 aliphatic carbocycles. The molecule has 0 atom stereocenters. The number of nitrogen functional groups attached to an aromatic ring is 1. The lowest BCUT2D eigenvalue weighted by atomic mass is 9.92. The van der Waals surface area contributed by atoms with Gasteiger partial charge in [-0.25, -0.2) is 26.9 Å². The van der Waals surface area contributed by atoms with Crippen LogP contribution in [0.3, 0.4) is 0 Å². The Labute approximate surface area is 178 Å². The van der Waals surface area contributed by atoms with Crippen molar-refractivity contribution in [2.24, 2.45) is 0 Å². The molecule has 0 amide bonds. The van der Waals surface area contributed by atoms with Crippen molar-refractivity contribution in [1.29, 1.82) is 0 Å². The number of ketones is 1. The molecule has 1 aromatic carbocycles. The van der Waals surface area contributed by atoms with E-state index in [1.807, 2.05) is 0 Å². The summed E-state index contributed by atoms with van der Waals surface area (Å²) in [6.45, 7) is 0. The fraction of sp³-hybridized carbons (Fsp3) is 0.421. The van der Waals surface area contributed by atoms with Gasteiger partial charge in [0.1, 0.15) is 17.1 Å². The topological polar surface area (TPSA) is 136 Å². The summed E-state index contributed by atoms with van der Waals surface area (Å²) in [6.07, 6.45) is 4.94. The van der Waals surface area contributed by atoms with Crippen LogP contribution < -0.4 is 20.5 Å². The standard InChI is InChI=1S/C19H23F2N5O4S/c1-30-14-8-7-13(20)16(21)15(14)17(27)12-9-23-19(25-18(12)22)24-10-3-5-11(6-4-10)26-31(2,28)29/h7-11,26H,3-6H2,1-2H3,(H3,22,23,24,25). The summed E-state index contributed by atoms with van der Waals surface area (Å²) >= 11 is 0.